The van der Waals surface area contributed by atoms with Crippen LogP contribution in [-0.4, -0.2) is 13.1 Å². The van der Waals surface area contributed by atoms with Gasteiger partial charge in [-0.1, -0.05) is 26.7 Å². The van der Waals surface area contributed by atoms with Crippen LogP contribution in [-0.2, 0) is 9.53 Å². The fourth-order valence-corrected chi connectivity index (χ4v) is 0.785. The largest absolute Gasteiger partial charge is 0.469 e. The van der Waals surface area contributed by atoms with E-state index in [4.69, 9.17) is 0 Å². The molecule has 0 saturated carbocycles. The third-order valence-electron chi connectivity index (χ3n) is 1.62. The van der Waals surface area contributed by atoms with Crippen LogP contribution in [0.25, 0.3) is 0 Å². The van der Waals surface area contributed by atoms with Gasteiger partial charge in [-0.15, -0.1) is 0 Å². The normalized spacial score (nSPS) is 10.0. The average Bonchev–Trinajstić information content (AvgIpc) is 1.99. The van der Waals surface area contributed by atoms with Crippen LogP contribution in [0.3, 0.4) is 0 Å². The van der Waals surface area contributed by atoms with Gasteiger partial charge < -0.3 is 4.74 Å². The van der Waals surface area contributed by atoms with E-state index in [2.05, 4.69) is 18.6 Å². The Kier molecular flexibility index (Phi) is 4.99. The molecule has 59 valence electrons. The first kappa shape index (κ1) is 9.47. The first-order valence-corrected chi connectivity index (χ1v) is 3.67. The minimum Gasteiger partial charge on any atom is -0.469 e. The highest BCUT2D eigenvalue weighted by Crippen LogP contribution is 2.11. The first-order chi connectivity index (χ1) is 4.74. The Morgan fingerprint density at radius 2 is 2.00 bits per heavy atom. The van der Waals surface area contributed by atoms with Crippen LogP contribution in [0.4, 0.5) is 0 Å². The van der Waals surface area contributed by atoms with E-state index in [-0.39, 0.29) is 5.97 Å². The third kappa shape index (κ3) is 3.49. The summed E-state index contributed by atoms with van der Waals surface area (Å²) in [6, 6.07) is 0. The Labute approximate surface area is 62.6 Å². The van der Waals surface area contributed by atoms with Crippen molar-refractivity contribution in [2.45, 2.75) is 26.7 Å². The van der Waals surface area contributed by atoms with Crippen LogP contribution in [0, 0.1) is 12.3 Å². The lowest BCUT2D eigenvalue weighted by Crippen LogP contribution is -2.09. The van der Waals surface area contributed by atoms with E-state index in [9.17, 15) is 4.79 Å². The molecule has 0 heterocycles. The predicted molar refractivity (Wildman–Crippen MR) is 40.4 cm³/mol. The van der Waals surface area contributed by atoms with Gasteiger partial charge in [0.1, 0.15) is 0 Å². The molecular weight excluding hydrogens is 128 g/mol. The lowest BCUT2D eigenvalue weighted by atomic mass is 10.00. The van der Waals surface area contributed by atoms with E-state index in [1.807, 2.05) is 0 Å². The predicted octanol–water partition coefficient (Wildman–Crippen LogP) is 1.80. The third-order valence-corrected chi connectivity index (χ3v) is 1.62. The molecule has 0 unspecified atom stereocenters. The maximum Gasteiger partial charge on any atom is 0.309 e. The molecule has 0 aliphatic carbocycles. The highest BCUT2D eigenvalue weighted by atomic mass is 16.5. The maximum atomic E-state index is 10.7. The molecular formula is C8H15O2. The zero-order chi connectivity index (χ0) is 7.98. The van der Waals surface area contributed by atoms with E-state index >= 15 is 0 Å². The molecule has 2 heteroatoms. The molecule has 0 atom stereocenters. The Balaban J connectivity index is 3.52. The van der Waals surface area contributed by atoms with Crippen molar-refractivity contribution in [2.24, 2.45) is 5.92 Å². The van der Waals surface area contributed by atoms with Crippen LogP contribution in [0.5, 0.6) is 0 Å². The molecule has 0 aromatic carbocycles. The molecule has 0 bridgehead atoms. The highest BCUT2D eigenvalue weighted by molar-refractivity contribution is 5.79. The van der Waals surface area contributed by atoms with Crippen molar-refractivity contribution in [3.63, 3.8) is 0 Å². The van der Waals surface area contributed by atoms with Gasteiger partial charge in [-0.05, 0) is 5.92 Å². The Bertz CT molecular complexity index is 95.4. The summed E-state index contributed by atoms with van der Waals surface area (Å²) in [4.78, 5) is 10.7. The summed E-state index contributed by atoms with van der Waals surface area (Å²) < 4.78 is 4.49. The second-order valence-electron chi connectivity index (χ2n) is 2.27. The van der Waals surface area contributed by atoms with Gasteiger partial charge in [0.05, 0.1) is 13.5 Å². The molecule has 0 fully saturated rings. The zero-order valence-corrected chi connectivity index (χ0v) is 6.89. The summed E-state index contributed by atoms with van der Waals surface area (Å²) in [6.45, 7) is 4.13. The van der Waals surface area contributed by atoms with Crippen molar-refractivity contribution in [2.75, 3.05) is 7.11 Å². The Morgan fingerprint density at radius 3 is 2.30 bits per heavy atom. The molecule has 0 aliphatic rings. The topological polar surface area (TPSA) is 26.3 Å². The fraction of sp³-hybridized carbons (Fsp3) is 0.750. The van der Waals surface area contributed by atoms with E-state index in [1.165, 1.54) is 7.11 Å². The molecule has 0 saturated heterocycles. The Morgan fingerprint density at radius 1 is 1.50 bits per heavy atom. The van der Waals surface area contributed by atoms with Crippen LogP contribution in [0.1, 0.15) is 26.7 Å². The van der Waals surface area contributed by atoms with Gasteiger partial charge in [-0.2, -0.15) is 0 Å². The zero-order valence-electron chi connectivity index (χ0n) is 6.89. The van der Waals surface area contributed by atoms with E-state index < -0.39 is 0 Å². The standard InChI is InChI=1S/C8H15O2/c1-4-7(5-2)6-8(9)10-3/h6-7H,4-5H2,1-3H3. The smallest absolute Gasteiger partial charge is 0.309 e. The molecule has 0 aromatic heterocycles. The minimum atomic E-state index is -0.214. The van der Waals surface area contributed by atoms with Gasteiger partial charge in [0.2, 0.25) is 0 Å². The van der Waals surface area contributed by atoms with Gasteiger partial charge in [-0.25, -0.2) is 0 Å². The molecule has 0 rings (SSSR count). The molecule has 0 aliphatic heterocycles. The molecule has 1 radical (unpaired) electrons. The fourth-order valence-electron chi connectivity index (χ4n) is 0.785. The summed E-state index contributed by atoms with van der Waals surface area (Å²) in [6.07, 6.45) is 3.65. The van der Waals surface area contributed by atoms with Crippen LogP contribution >= 0.6 is 0 Å². The summed E-state index contributed by atoms with van der Waals surface area (Å²) >= 11 is 0. The summed E-state index contributed by atoms with van der Waals surface area (Å²) in [5, 5.41) is 0. The summed E-state index contributed by atoms with van der Waals surface area (Å²) in [5.41, 5.74) is 0. The summed E-state index contributed by atoms with van der Waals surface area (Å²) in [7, 11) is 1.40. The van der Waals surface area contributed by atoms with Gasteiger partial charge in [0.15, 0.2) is 0 Å². The van der Waals surface area contributed by atoms with Crippen molar-refractivity contribution in [3.8, 4) is 0 Å². The molecule has 0 amide bonds. The number of hydrogen-bond donors (Lipinski definition) is 0. The van der Waals surface area contributed by atoms with E-state index in [0.29, 0.717) is 5.92 Å². The molecule has 2 nitrogen and oxygen atoms in total. The quantitative estimate of drug-likeness (QED) is 0.561. The number of hydrogen-bond acceptors (Lipinski definition) is 2. The van der Waals surface area contributed by atoms with E-state index in [1.54, 1.807) is 6.42 Å². The number of methoxy groups -OCH3 is 1. The number of ether oxygens (including phenoxy) is 1. The first-order valence-electron chi connectivity index (χ1n) is 3.67. The van der Waals surface area contributed by atoms with Gasteiger partial charge in [0, 0.05) is 0 Å². The lowest BCUT2D eigenvalue weighted by molar-refractivity contribution is -0.137. The maximum absolute atomic E-state index is 10.7. The van der Waals surface area contributed by atoms with Crippen molar-refractivity contribution in [3.05, 3.63) is 6.42 Å². The number of rotatable bonds is 4. The van der Waals surface area contributed by atoms with Crippen molar-refractivity contribution >= 4 is 5.97 Å². The van der Waals surface area contributed by atoms with Gasteiger partial charge in [0.25, 0.3) is 0 Å². The Hall–Kier alpha value is -0.530. The SMILES string of the molecule is CCC([CH]C(=O)OC)CC. The van der Waals surface area contributed by atoms with E-state index in [0.717, 1.165) is 12.8 Å². The van der Waals surface area contributed by atoms with Gasteiger partial charge in [-0.3, -0.25) is 4.79 Å². The minimum absolute atomic E-state index is 0.214. The molecule has 0 aromatic rings. The molecule has 0 spiro atoms. The average molecular weight is 143 g/mol. The monoisotopic (exact) mass is 143 g/mol. The lowest BCUT2D eigenvalue weighted by Gasteiger charge is -2.08. The number of carbonyl (C=O) groups excluding carboxylic acids is 1. The van der Waals surface area contributed by atoms with Crippen molar-refractivity contribution in [1.82, 2.24) is 0 Å². The van der Waals surface area contributed by atoms with Crippen LogP contribution in [0.15, 0.2) is 0 Å². The van der Waals surface area contributed by atoms with Crippen LogP contribution < -0.4 is 0 Å². The summed E-state index contributed by atoms with van der Waals surface area (Å²) in [5.74, 6) is 0.168. The molecule has 10 heavy (non-hydrogen) atoms. The van der Waals surface area contributed by atoms with Crippen molar-refractivity contribution in [1.29, 1.82) is 0 Å². The number of carbonyl (C=O) groups is 1. The van der Waals surface area contributed by atoms with Gasteiger partial charge >= 0.3 is 5.97 Å². The van der Waals surface area contributed by atoms with Crippen LogP contribution in [0.2, 0.25) is 0 Å². The van der Waals surface area contributed by atoms with Crippen molar-refractivity contribution < 1.29 is 9.53 Å². The molecule has 0 N–H and O–H groups in total. The highest BCUT2D eigenvalue weighted by Gasteiger charge is 2.09. The number of esters is 1. The second kappa shape index (κ2) is 5.27. The second-order valence-corrected chi connectivity index (χ2v) is 2.27.